The van der Waals surface area contributed by atoms with E-state index < -0.39 is 28.7 Å². The highest BCUT2D eigenvalue weighted by atomic mass is 79.9. The van der Waals surface area contributed by atoms with Gasteiger partial charge in [-0.15, -0.1) is 17.0 Å². The van der Waals surface area contributed by atoms with E-state index in [2.05, 4.69) is 37.2 Å². The Bertz CT molecular complexity index is 863. The highest BCUT2D eigenvalue weighted by molar-refractivity contribution is 9.09. The van der Waals surface area contributed by atoms with Crippen LogP contribution in [0.3, 0.4) is 0 Å². The van der Waals surface area contributed by atoms with Gasteiger partial charge >= 0.3 is 12.4 Å². The molecule has 0 saturated heterocycles. The summed E-state index contributed by atoms with van der Waals surface area (Å²) in [5.74, 6) is -0.381. The molecule has 200 valence electrons. The second-order valence-corrected chi connectivity index (χ2v) is 7.78. The molecule has 0 spiro atoms. The molecule has 2 aromatic carbocycles. The molecule has 0 aromatic heterocycles. The Morgan fingerprint density at radius 1 is 0.800 bits per heavy atom. The Labute approximate surface area is 232 Å². The van der Waals surface area contributed by atoms with Crippen LogP contribution in [0, 0.1) is 0 Å². The molecule has 0 aliphatic carbocycles. The van der Waals surface area contributed by atoms with Gasteiger partial charge in [-0.1, -0.05) is 39.3 Å². The van der Waals surface area contributed by atoms with Crippen molar-refractivity contribution in [1.29, 1.82) is 0 Å². The highest BCUT2D eigenvalue weighted by Gasteiger charge is 2.30. The molecule has 14 heteroatoms. The number of amides is 1. The fourth-order valence-corrected chi connectivity index (χ4v) is 2.19. The van der Waals surface area contributed by atoms with Gasteiger partial charge in [0.1, 0.15) is 0 Å². The molecular weight excluding hydrogens is 701 g/mol. The summed E-state index contributed by atoms with van der Waals surface area (Å²) in [6.45, 7) is 1.17. The van der Waals surface area contributed by atoms with E-state index in [0.717, 1.165) is 60.4 Å². The number of benzene rings is 2. The molecule has 0 aliphatic rings. The van der Waals surface area contributed by atoms with Crippen LogP contribution in [0.5, 0.6) is 0 Å². The van der Waals surface area contributed by atoms with E-state index in [4.69, 9.17) is 17.3 Å². The lowest BCUT2D eigenvalue weighted by Crippen LogP contribution is -2.25. The molecule has 2 aromatic rings. The maximum absolute atomic E-state index is 12.2. The van der Waals surface area contributed by atoms with Gasteiger partial charge < -0.3 is 11.1 Å². The number of hydrogen-bond acceptors (Lipinski definition) is 3. The summed E-state index contributed by atoms with van der Waals surface area (Å²) in [4.78, 5) is 21.8. The molecule has 3 N–H and O–H groups in total. The molecule has 0 radical (unpaired) electrons. The number of nitrogens with two attached hydrogens (primary N) is 1. The minimum atomic E-state index is -4.38. The van der Waals surface area contributed by atoms with Crippen LogP contribution >= 0.6 is 60.4 Å². The monoisotopic (exact) mass is 722 g/mol. The maximum atomic E-state index is 12.2. The molecule has 1 amide bonds. The lowest BCUT2D eigenvalue weighted by Gasteiger charge is -2.07. The van der Waals surface area contributed by atoms with Crippen molar-refractivity contribution in [2.75, 3.05) is 23.7 Å². The molecular formula is C21H24Br3ClF6N2O2. The molecule has 0 atom stereocenters. The van der Waals surface area contributed by atoms with E-state index in [0.29, 0.717) is 11.9 Å². The van der Waals surface area contributed by atoms with Crippen molar-refractivity contribution >= 4 is 71.6 Å². The highest BCUT2D eigenvalue weighted by Crippen LogP contribution is 2.30. The summed E-state index contributed by atoms with van der Waals surface area (Å²) >= 11 is 11.3. The smallest absolute Gasteiger partial charge is 0.351 e. The fourth-order valence-electron chi connectivity index (χ4n) is 1.86. The normalized spacial score (nSPS) is 10.2. The van der Waals surface area contributed by atoms with Crippen molar-refractivity contribution in [2.24, 2.45) is 5.73 Å². The summed E-state index contributed by atoms with van der Waals surface area (Å²) in [5.41, 5.74) is 3.69. The minimum absolute atomic E-state index is 0. The van der Waals surface area contributed by atoms with Gasteiger partial charge in [0.2, 0.25) is 0 Å². The topological polar surface area (TPSA) is 72.2 Å². The van der Waals surface area contributed by atoms with E-state index in [1.165, 1.54) is 0 Å². The number of carbonyl (C=O) groups excluding carboxylic acids is 2. The molecule has 0 aliphatic heterocycles. The molecule has 0 unspecified atom stereocenters. The first kappa shape index (κ1) is 38.4. The van der Waals surface area contributed by atoms with Crippen LogP contribution in [0.25, 0.3) is 0 Å². The Balaban J connectivity index is -0.000000490. The molecule has 4 nitrogen and oxygen atoms in total. The van der Waals surface area contributed by atoms with Gasteiger partial charge in [-0.2, -0.15) is 26.3 Å². The Kier molecular flexibility index (Phi) is 20.9. The van der Waals surface area contributed by atoms with E-state index in [9.17, 15) is 35.9 Å². The number of carbonyl (C=O) groups is 2. The average Bonchev–Trinajstić information content (AvgIpc) is 2.77. The second-order valence-electron chi connectivity index (χ2n) is 5.85. The molecule has 0 saturated carbocycles. The van der Waals surface area contributed by atoms with Crippen LogP contribution in [0.2, 0.25) is 0 Å². The van der Waals surface area contributed by atoms with E-state index in [-0.39, 0.29) is 41.4 Å². The number of hydrogen-bond donors (Lipinski definition) is 2. The predicted octanol–water partition coefficient (Wildman–Crippen LogP) is 7.47. The largest absolute Gasteiger partial charge is 0.416 e. The van der Waals surface area contributed by atoms with Crippen LogP contribution in [-0.2, 0) is 12.4 Å². The van der Waals surface area contributed by atoms with Crippen molar-refractivity contribution in [3.05, 3.63) is 70.8 Å². The summed E-state index contributed by atoms with van der Waals surface area (Å²) in [6, 6.07) is 7.81. The number of alkyl halides is 8. The standard InChI is InChI=1S/C10H9BrF3NO.C8H4ClF3O.C2H6BrN.CH4.BrH/c11-5-6-15-9(16)7-1-3-8(4-2-7)10(12,13)14;9-7(13)5-1-3-6(4-2-5)8(10,11)12;3-1-2-4;;/h1-4H,5-6H2,(H,15,16);1-4H;1-2,4H2;1H4;1H. The molecule has 0 heterocycles. The molecule has 2 rings (SSSR count). The molecule has 35 heavy (non-hydrogen) atoms. The number of rotatable bonds is 5. The number of nitrogens with one attached hydrogen (secondary N) is 1. The average molecular weight is 726 g/mol. The summed E-state index contributed by atoms with van der Waals surface area (Å²) in [7, 11) is 0. The second kappa shape index (κ2) is 19.0. The van der Waals surface area contributed by atoms with Crippen LogP contribution in [-0.4, -0.2) is 34.9 Å². The summed E-state index contributed by atoms with van der Waals surface area (Å²) in [6.07, 6.45) is -8.75. The van der Waals surface area contributed by atoms with Crippen LogP contribution in [0.1, 0.15) is 39.3 Å². The van der Waals surface area contributed by atoms with Gasteiger partial charge in [0.15, 0.2) is 0 Å². The van der Waals surface area contributed by atoms with E-state index in [1.807, 2.05) is 0 Å². The first-order chi connectivity index (χ1) is 15.3. The first-order valence-electron chi connectivity index (χ1n) is 8.92. The zero-order chi connectivity index (χ0) is 25.7. The van der Waals surface area contributed by atoms with Crippen molar-refractivity contribution in [1.82, 2.24) is 5.32 Å². The van der Waals surface area contributed by atoms with Crippen molar-refractivity contribution in [2.45, 2.75) is 19.8 Å². The van der Waals surface area contributed by atoms with Gasteiger partial charge in [-0.3, -0.25) is 9.59 Å². The van der Waals surface area contributed by atoms with Crippen LogP contribution in [0.15, 0.2) is 48.5 Å². The SMILES string of the molecule is Br.C.NCCBr.O=C(Cl)c1ccc(C(F)(F)F)cc1.O=C(NCCBr)c1ccc(C(F)(F)F)cc1. The third kappa shape index (κ3) is 16.3. The lowest BCUT2D eigenvalue weighted by molar-refractivity contribution is -0.138. The maximum Gasteiger partial charge on any atom is 0.416 e. The third-order valence-corrected chi connectivity index (χ3v) is 4.48. The van der Waals surface area contributed by atoms with E-state index >= 15 is 0 Å². The Morgan fingerprint density at radius 2 is 1.14 bits per heavy atom. The van der Waals surface area contributed by atoms with Gasteiger partial charge in [0.25, 0.3) is 11.1 Å². The van der Waals surface area contributed by atoms with Crippen LogP contribution in [0.4, 0.5) is 26.3 Å². The van der Waals surface area contributed by atoms with Crippen LogP contribution < -0.4 is 11.1 Å². The predicted molar refractivity (Wildman–Crippen MR) is 139 cm³/mol. The van der Waals surface area contributed by atoms with Crippen molar-refractivity contribution in [3.8, 4) is 0 Å². The zero-order valence-corrected chi connectivity index (χ0v) is 22.8. The molecule has 0 bridgehead atoms. The van der Waals surface area contributed by atoms with Crippen molar-refractivity contribution in [3.63, 3.8) is 0 Å². The zero-order valence-electron chi connectivity index (χ0n) is 17.2. The quantitative estimate of drug-likeness (QED) is 0.191. The lowest BCUT2D eigenvalue weighted by atomic mass is 10.1. The summed E-state index contributed by atoms with van der Waals surface area (Å²) in [5, 5.41) is 3.28. The molecule has 0 fully saturated rings. The number of halogens is 10. The first-order valence-corrected chi connectivity index (χ1v) is 11.5. The third-order valence-electron chi connectivity index (χ3n) is 3.40. The van der Waals surface area contributed by atoms with Gasteiger partial charge in [-0.25, -0.2) is 0 Å². The fraction of sp³-hybridized carbons (Fsp3) is 0.333. The van der Waals surface area contributed by atoms with Gasteiger partial charge in [-0.05, 0) is 60.1 Å². The summed E-state index contributed by atoms with van der Waals surface area (Å²) < 4.78 is 72.7. The minimum Gasteiger partial charge on any atom is -0.351 e. The van der Waals surface area contributed by atoms with Crippen molar-refractivity contribution < 1.29 is 35.9 Å². The Hall–Kier alpha value is -1.15. The Morgan fingerprint density at radius 3 is 1.40 bits per heavy atom. The van der Waals surface area contributed by atoms with Gasteiger partial charge in [0, 0.05) is 34.9 Å². The van der Waals surface area contributed by atoms with Gasteiger partial charge in [0.05, 0.1) is 11.1 Å². The van der Waals surface area contributed by atoms with E-state index in [1.54, 1.807) is 0 Å².